The Bertz CT molecular complexity index is 538. The summed E-state index contributed by atoms with van der Waals surface area (Å²) < 4.78 is 0. The first-order chi connectivity index (χ1) is 9.38. The van der Waals surface area contributed by atoms with Crippen molar-refractivity contribution in [1.29, 1.82) is 0 Å². The zero-order valence-electron chi connectivity index (χ0n) is 11.5. The average Bonchev–Trinajstić information content (AvgIpc) is 2.35. The van der Waals surface area contributed by atoms with E-state index in [1.54, 1.807) is 18.9 Å². The number of carbonyl (C=O) groups is 2. The van der Waals surface area contributed by atoms with Crippen molar-refractivity contribution in [3.8, 4) is 0 Å². The molecule has 2 rings (SSSR count). The first kappa shape index (κ1) is 14.5. The maximum Gasteiger partial charge on any atom is 0.337 e. The van der Waals surface area contributed by atoms with Crippen molar-refractivity contribution in [3.05, 3.63) is 29.1 Å². The highest BCUT2D eigenvalue weighted by molar-refractivity contribution is 5.94. The zero-order chi connectivity index (χ0) is 14.9. The van der Waals surface area contributed by atoms with Crippen molar-refractivity contribution in [2.75, 3.05) is 13.6 Å². The number of amides is 1. The lowest BCUT2D eigenvalue weighted by Crippen LogP contribution is -2.39. The van der Waals surface area contributed by atoms with Crippen LogP contribution in [0.4, 0.5) is 0 Å². The molecule has 6 heteroatoms. The number of aliphatic hydroxyl groups is 1. The molecule has 6 nitrogen and oxygen atoms in total. The van der Waals surface area contributed by atoms with Gasteiger partial charge in [0.2, 0.25) is 0 Å². The molecule has 0 unspecified atom stereocenters. The molecule has 1 fully saturated rings. The molecule has 1 aromatic rings. The molecule has 1 aliphatic carbocycles. The van der Waals surface area contributed by atoms with Crippen molar-refractivity contribution in [3.63, 3.8) is 0 Å². The van der Waals surface area contributed by atoms with Crippen LogP contribution in [-0.4, -0.2) is 51.7 Å². The Hall–Kier alpha value is -1.95. The number of rotatable bonds is 4. The van der Waals surface area contributed by atoms with Crippen molar-refractivity contribution in [1.82, 2.24) is 9.88 Å². The SMILES string of the molecule is Cc1nc(C(=O)N(C)CC2CC(O)C2)ccc1C(=O)O. The summed E-state index contributed by atoms with van der Waals surface area (Å²) >= 11 is 0. The molecule has 20 heavy (non-hydrogen) atoms. The van der Waals surface area contributed by atoms with Crippen LogP contribution >= 0.6 is 0 Å². The minimum atomic E-state index is -1.05. The minimum Gasteiger partial charge on any atom is -0.478 e. The largest absolute Gasteiger partial charge is 0.478 e. The molecule has 0 atom stereocenters. The number of aromatic nitrogens is 1. The number of carboxylic acids is 1. The van der Waals surface area contributed by atoms with Gasteiger partial charge >= 0.3 is 5.97 Å². The predicted octanol–water partition coefficient (Wildman–Crippen LogP) is 0.931. The van der Waals surface area contributed by atoms with Crippen molar-refractivity contribution >= 4 is 11.9 Å². The molecule has 1 saturated carbocycles. The molecule has 2 N–H and O–H groups in total. The number of nitrogens with zero attached hydrogens (tertiary/aromatic N) is 2. The van der Waals surface area contributed by atoms with Crippen molar-refractivity contribution in [2.24, 2.45) is 5.92 Å². The fourth-order valence-electron chi connectivity index (χ4n) is 2.42. The van der Waals surface area contributed by atoms with E-state index in [2.05, 4.69) is 4.98 Å². The lowest BCUT2D eigenvalue weighted by molar-refractivity contribution is 0.0264. The van der Waals surface area contributed by atoms with Crippen molar-refractivity contribution < 1.29 is 19.8 Å². The minimum absolute atomic E-state index is 0.103. The fourth-order valence-corrected chi connectivity index (χ4v) is 2.42. The van der Waals surface area contributed by atoms with Gasteiger partial charge in [-0.05, 0) is 37.8 Å². The number of pyridine rings is 1. The topological polar surface area (TPSA) is 90.7 Å². The lowest BCUT2D eigenvalue weighted by atomic mass is 9.82. The standard InChI is InChI=1S/C14H18N2O4/c1-8-11(14(19)20)3-4-12(15-8)13(18)16(2)7-9-5-10(17)6-9/h3-4,9-10,17H,5-7H2,1-2H3,(H,19,20). The first-order valence-corrected chi connectivity index (χ1v) is 6.53. The summed E-state index contributed by atoms with van der Waals surface area (Å²) in [6.07, 6.45) is 1.21. The zero-order valence-corrected chi connectivity index (χ0v) is 11.5. The Kier molecular flexibility index (Phi) is 4.04. The number of hydrogen-bond acceptors (Lipinski definition) is 4. The second-order valence-electron chi connectivity index (χ2n) is 5.31. The smallest absolute Gasteiger partial charge is 0.337 e. The van der Waals surface area contributed by atoms with Gasteiger partial charge in [-0.2, -0.15) is 0 Å². The molecular formula is C14H18N2O4. The Morgan fingerprint density at radius 2 is 2.05 bits per heavy atom. The summed E-state index contributed by atoms with van der Waals surface area (Å²) in [7, 11) is 1.69. The Morgan fingerprint density at radius 1 is 1.40 bits per heavy atom. The number of aryl methyl sites for hydroxylation is 1. The van der Waals surface area contributed by atoms with Crippen LogP contribution in [0.3, 0.4) is 0 Å². The van der Waals surface area contributed by atoms with Gasteiger partial charge in [0.1, 0.15) is 5.69 Å². The quantitative estimate of drug-likeness (QED) is 0.855. The van der Waals surface area contributed by atoms with Gasteiger partial charge in [0, 0.05) is 13.6 Å². The van der Waals surface area contributed by atoms with E-state index >= 15 is 0 Å². The monoisotopic (exact) mass is 278 g/mol. The van der Waals surface area contributed by atoms with Crippen LogP contribution in [0.15, 0.2) is 12.1 Å². The van der Waals surface area contributed by atoms with Gasteiger partial charge in [0.25, 0.3) is 5.91 Å². The van der Waals surface area contributed by atoms with Crippen LogP contribution in [0.25, 0.3) is 0 Å². The molecular weight excluding hydrogens is 260 g/mol. The summed E-state index contributed by atoms with van der Waals surface area (Å²) in [6, 6.07) is 2.84. The van der Waals surface area contributed by atoms with Gasteiger partial charge in [-0.15, -0.1) is 0 Å². The first-order valence-electron chi connectivity index (χ1n) is 6.53. The maximum absolute atomic E-state index is 12.2. The highest BCUT2D eigenvalue weighted by Gasteiger charge is 2.29. The predicted molar refractivity (Wildman–Crippen MR) is 71.6 cm³/mol. The molecule has 0 spiro atoms. The van der Waals surface area contributed by atoms with Gasteiger partial charge in [0.15, 0.2) is 0 Å². The van der Waals surface area contributed by atoms with E-state index in [1.807, 2.05) is 0 Å². The van der Waals surface area contributed by atoms with Crippen LogP contribution in [0, 0.1) is 12.8 Å². The third-order valence-corrected chi connectivity index (χ3v) is 3.62. The lowest BCUT2D eigenvalue weighted by Gasteiger charge is -2.34. The van der Waals surface area contributed by atoms with E-state index in [-0.39, 0.29) is 23.3 Å². The highest BCUT2D eigenvalue weighted by atomic mass is 16.4. The van der Waals surface area contributed by atoms with Gasteiger partial charge in [0.05, 0.1) is 17.4 Å². The van der Waals surface area contributed by atoms with E-state index in [1.165, 1.54) is 12.1 Å². The number of carboxylic acid groups (broad SMARTS) is 1. The molecule has 0 saturated heterocycles. The molecule has 0 aliphatic heterocycles. The molecule has 1 amide bonds. The molecule has 0 bridgehead atoms. The van der Waals surface area contributed by atoms with Crippen LogP contribution in [0.5, 0.6) is 0 Å². The third-order valence-electron chi connectivity index (χ3n) is 3.62. The van der Waals surface area contributed by atoms with E-state index in [4.69, 9.17) is 5.11 Å². The molecule has 0 radical (unpaired) electrons. The summed E-state index contributed by atoms with van der Waals surface area (Å²) in [5.74, 6) is -0.949. The fraction of sp³-hybridized carbons (Fsp3) is 0.500. The Labute approximate surface area is 117 Å². The van der Waals surface area contributed by atoms with Gasteiger partial charge in [-0.3, -0.25) is 4.79 Å². The second kappa shape index (κ2) is 5.58. The second-order valence-corrected chi connectivity index (χ2v) is 5.31. The summed E-state index contributed by atoms with van der Waals surface area (Å²) in [4.78, 5) is 28.7. The van der Waals surface area contributed by atoms with Gasteiger partial charge < -0.3 is 15.1 Å². The molecule has 108 valence electrons. The summed E-state index contributed by atoms with van der Waals surface area (Å²) in [5, 5.41) is 18.2. The van der Waals surface area contributed by atoms with Crippen LogP contribution in [0.2, 0.25) is 0 Å². The van der Waals surface area contributed by atoms with Gasteiger partial charge in [-0.25, -0.2) is 9.78 Å². The Balaban J connectivity index is 2.05. The number of hydrogen-bond donors (Lipinski definition) is 2. The molecule has 1 heterocycles. The Morgan fingerprint density at radius 3 is 2.55 bits per heavy atom. The van der Waals surface area contributed by atoms with E-state index in [0.29, 0.717) is 18.2 Å². The van der Waals surface area contributed by atoms with Crippen LogP contribution in [-0.2, 0) is 0 Å². The summed E-state index contributed by atoms with van der Waals surface area (Å²) in [6.45, 7) is 2.15. The average molecular weight is 278 g/mol. The maximum atomic E-state index is 12.2. The molecule has 1 aromatic heterocycles. The van der Waals surface area contributed by atoms with Crippen LogP contribution < -0.4 is 0 Å². The highest BCUT2D eigenvalue weighted by Crippen LogP contribution is 2.27. The van der Waals surface area contributed by atoms with Crippen LogP contribution in [0.1, 0.15) is 39.4 Å². The third kappa shape index (κ3) is 2.96. The normalized spacial score (nSPS) is 21.1. The number of aromatic carboxylic acids is 1. The van der Waals surface area contributed by atoms with E-state index in [9.17, 15) is 14.7 Å². The van der Waals surface area contributed by atoms with Gasteiger partial charge in [-0.1, -0.05) is 0 Å². The van der Waals surface area contributed by atoms with E-state index in [0.717, 1.165) is 12.8 Å². The summed E-state index contributed by atoms with van der Waals surface area (Å²) in [5.41, 5.74) is 0.678. The molecule has 1 aliphatic rings. The molecule has 0 aromatic carbocycles. The number of aliphatic hydroxyl groups excluding tert-OH is 1. The van der Waals surface area contributed by atoms with E-state index < -0.39 is 5.97 Å². The number of carbonyl (C=O) groups excluding carboxylic acids is 1. The van der Waals surface area contributed by atoms with Crippen molar-refractivity contribution in [2.45, 2.75) is 25.9 Å².